The fourth-order valence-corrected chi connectivity index (χ4v) is 1.99. The van der Waals surface area contributed by atoms with E-state index in [9.17, 15) is 13.2 Å². The molecule has 114 valence electrons. The van der Waals surface area contributed by atoms with E-state index < -0.39 is 12.6 Å². The molecule has 0 aromatic carbocycles. The van der Waals surface area contributed by atoms with Crippen LogP contribution < -0.4 is 10.6 Å². The zero-order valence-electron chi connectivity index (χ0n) is 11.3. The number of likely N-dealkylation sites (N-methyl/N-ethyl adjacent to an activating group) is 1. The van der Waals surface area contributed by atoms with Crippen molar-refractivity contribution in [1.82, 2.24) is 15.5 Å². The largest absolute Gasteiger partial charge is 0.390 e. The lowest BCUT2D eigenvalue weighted by Gasteiger charge is -2.21. The van der Waals surface area contributed by atoms with Gasteiger partial charge in [0.25, 0.3) is 0 Å². The molecule has 1 rings (SSSR count). The van der Waals surface area contributed by atoms with Gasteiger partial charge in [0, 0.05) is 26.2 Å². The Kier molecular flexibility index (Phi) is 8.71. The summed E-state index contributed by atoms with van der Waals surface area (Å²) in [5.41, 5.74) is 0. The van der Waals surface area contributed by atoms with Crippen LogP contribution in [0.5, 0.6) is 0 Å². The molecular weight excluding hydrogens is 372 g/mol. The lowest BCUT2D eigenvalue weighted by molar-refractivity contribution is -0.132. The van der Waals surface area contributed by atoms with Gasteiger partial charge in [0.1, 0.15) is 0 Å². The molecule has 1 aliphatic heterocycles. The molecule has 19 heavy (non-hydrogen) atoms. The smallest absolute Gasteiger partial charge is 0.356 e. The number of nitrogens with one attached hydrogen (secondary N) is 2. The molecule has 0 saturated carbocycles. The molecule has 1 aliphatic rings. The van der Waals surface area contributed by atoms with E-state index in [2.05, 4.69) is 27.6 Å². The lowest BCUT2D eigenvalue weighted by Crippen LogP contribution is -2.44. The Labute approximate surface area is 129 Å². The fourth-order valence-electron chi connectivity index (χ4n) is 1.99. The average molecular weight is 394 g/mol. The molecule has 1 saturated heterocycles. The van der Waals surface area contributed by atoms with Gasteiger partial charge in [-0.2, -0.15) is 13.2 Å². The second-order valence-corrected chi connectivity index (χ2v) is 4.52. The topological polar surface area (TPSA) is 39.7 Å². The summed E-state index contributed by atoms with van der Waals surface area (Å²) in [6.45, 7) is 1.64. The Hall–Kier alpha value is -0.250. The molecule has 1 heterocycles. The summed E-state index contributed by atoms with van der Waals surface area (Å²) in [7, 11) is 3.61. The van der Waals surface area contributed by atoms with Crippen molar-refractivity contribution in [3.63, 3.8) is 0 Å². The highest BCUT2D eigenvalue weighted by Gasteiger charge is 2.26. The lowest BCUT2D eigenvalue weighted by atomic mass is 10.2. The maximum absolute atomic E-state index is 12.0. The van der Waals surface area contributed by atoms with Gasteiger partial charge in [-0.05, 0) is 26.4 Å². The molecule has 0 amide bonds. The normalized spacial score (nSPS) is 21.1. The van der Waals surface area contributed by atoms with Gasteiger partial charge in [0.2, 0.25) is 0 Å². The van der Waals surface area contributed by atoms with E-state index in [1.165, 1.54) is 6.42 Å². The number of nitrogens with zero attached hydrogens (tertiary/aromatic N) is 2. The van der Waals surface area contributed by atoms with Crippen LogP contribution in [0.25, 0.3) is 0 Å². The highest BCUT2D eigenvalue weighted by molar-refractivity contribution is 14.0. The Morgan fingerprint density at radius 2 is 2.05 bits per heavy atom. The van der Waals surface area contributed by atoms with Gasteiger partial charge >= 0.3 is 6.18 Å². The van der Waals surface area contributed by atoms with E-state index in [1.54, 1.807) is 7.05 Å². The van der Waals surface area contributed by atoms with Crippen molar-refractivity contribution >= 4 is 29.9 Å². The molecule has 1 atom stereocenters. The second kappa shape index (κ2) is 8.83. The van der Waals surface area contributed by atoms with Crippen molar-refractivity contribution in [2.24, 2.45) is 4.99 Å². The summed E-state index contributed by atoms with van der Waals surface area (Å²) in [4.78, 5) is 6.15. The van der Waals surface area contributed by atoms with Crippen molar-refractivity contribution in [3.8, 4) is 0 Å². The minimum absolute atomic E-state index is 0. The molecule has 8 heteroatoms. The Bertz CT molecular complexity index is 284. The van der Waals surface area contributed by atoms with E-state index in [-0.39, 0.29) is 30.5 Å². The van der Waals surface area contributed by atoms with Gasteiger partial charge in [0.15, 0.2) is 5.96 Å². The minimum Gasteiger partial charge on any atom is -0.356 e. The van der Waals surface area contributed by atoms with Crippen molar-refractivity contribution in [3.05, 3.63) is 0 Å². The summed E-state index contributed by atoms with van der Waals surface area (Å²) >= 11 is 0. The molecular formula is C11H22F3IN4. The number of hydrogen-bond acceptors (Lipinski definition) is 2. The SMILES string of the molecule is CN=C(NCCC(F)(F)F)NCC1CCCN1C.I. The van der Waals surface area contributed by atoms with Crippen LogP contribution in [0.3, 0.4) is 0 Å². The zero-order valence-corrected chi connectivity index (χ0v) is 13.6. The third kappa shape index (κ3) is 7.81. The van der Waals surface area contributed by atoms with Crippen LogP contribution in [0.2, 0.25) is 0 Å². The summed E-state index contributed by atoms with van der Waals surface area (Å²) in [6.07, 6.45) is -2.69. The number of likely N-dealkylation sites (tertiary alicyclic amines) is 1. The number of hydrogen-bond donors (Lipinski definition) is 2. The summed E-state index contributed by atoms with van der Waals surface area (Å²) in [5, 5.41) is 5.72. The van der Waals surface area contributed by atoms with Crippen molar-refractivity contribution in [2.75, 3.05) is 33.7 Å². The standard InChI is InChI=1S/C11H21F3N4.HI/c1-15-10(16-6-5-11(12,13)14)17-8-9-4-3-7-18(9)2;/h9H,3-8H2,1-2H3,(H2,15,16,17);1H. The predicted octanol–water partition coefficient (Wildman–Crippen LogP) is 1.82. The molecule has 0 aliphatic carbocycles. The third-order valence-electron chi connectivity index (χ3n) is 3.10. The number of guanidine groups is 1. The molecule has 0 aromatic rings. The molecule has 2 N–H and O–H groups in total. The Morgan fingerprint density at radius 1 is 1.37 bits per heavy atom. The van der Waals surface area contributed by atoms with Gasteiger partial charge in [-0.25, -0.2) is 0 Å². The summed E-state index contributed by atoms with van der Waals surface area (Å²) in [5.74, 6) is 0.430. The molecule has 0 bridgehead atoms. The number of halogens is 4. The first-order valence-electron chi connectivity index (χ1n) is 6.14. The first-order chi connectivity index (χ1) is 8.42. The second-order valence-electron chi connectivity index (χ2n) is 4.52. The van der Waals surface area contributed by atoms with E-state index in [4.69, 9.17) is 0 Å². The maximum Gasteiger partial charge on any atom is 0.390 e. The highest BCUT2D eigenvalue weighted by Crippen LogP contribution is 2.18. The molecule has 0 radical (unpaired) electrons. The minimum atomic E-state index is -4.13. The van der Waals surface area contributed by atoms with Crippen molar-refractivity contribution in [2.45, 2.75) is 31.5 Å². The zero-order chi connectivity index (χ0) is 13.6. The molecule has 1 unspecified atom stereocenters. The van der Waals surface area contributed by atoms with Gasteiger partial charge in [-0.1, -0.05) is 0 Å². The van der Waals surface area contributed by atoms with E-state index in [0.717, 1.165) is 13.0 Å². The van der Waals surface area contributed by atoms with Crippen LogP contribution in [0.1, 0.15) is 19.3 Å². The van der Waals surface area contributed by atoms with Gasteiger partial charge in [-0.15, -0.1) is 24.0 Å². The predicted molar refractivity (Wildman–Crippen MR) is 81.1 cm³/mol. The van der Waals surface area contributed by atoms with Crippen LogP contribution in [-0.4, -0.2) is 56.8 Å². The van der Waals surface area contributed by atoms with Crippen LogP contribution in [-0.2, 0) is 0 Å². The fraction of sp³-hybridized carbons (Fsp3) is 0.909. The monoisotopic (exact) mass is 394 g/mol. The van der Waals surface area contributed by atoms with Crippen molar-refractivity contribution < 1.29 is 13.2 Å². The van der Waals surface area contributed by atoms with E-state index in [1.807, 2.05) is 0 Å². The average Bonchev–Trinajstić information content (AvgIpc) is 2.67. The Morgan fingerprint density at radius 3 is 2.53 bits per heavy atom. The summed E-state index contributed by atoms with van der Waals surface area (Å²) < 4.78 is 36.0. The molecule has 4 nitrogen and oxygen atoms in total. The van der Waals surface area contributed by atoms with E-state index in [0.29, 0.717) is 18.5 Å². The quantitative estimate of drug-likeness (QED) is 0.434. The highest BCUT2D eigenvalue weighted by atomic mass is 127. The van der Waals surface area contributed by atoms with Crippen LogP contribution in [0.15, 0.2) is 4.99 Å². The Balaban J connectivity index is 0.00000324. The van der Waals surface area contributed by atoms with Crippen LogP contribution >= 0.6 is 24.0 Å². The van der Waals surface area contributed by atoms with Gasteiger partial charge in [0.05, 0.1) is 6.42 Å². The van der Waals surface area contributed by atoms with E-state index >= 15 is 0 Å². The molecule has 0 spiro atoms. The van der Waals surface area contributed by atoms with Crippen LogP contribution in [0, 0.1) is 0 Å². The first kappa shape index (κ1) is 18.8. The summed E-state index contributed by atoms with van der Waals surface area (Å²) in [6, 6.07) is 0.436. The third-order valence-corrected chi connectivity index (χ3v) is 3.10. The number of alkyl halides is 3. The number of aliphatic imine (C=N–C) groups is 1. The first-order valence-corrected chi connectivity index (χ1v) is 6.14. The number of rotatable bonds is 4. The van der Waals surface area contributed by atoms with Gasteiger partial charge in [-0.3, -0.25) is 4.99 Å². The maximum atomic E-state index is 12.0. The molecule has 0 aromatic heterocycles. The molecule has 1 fully saturated rings. The van der Waals surface area contributed by atoms with Gasteiger partial charge < -0.3 is 15.5 Å². The van der Waals surface area contributed by atoms with Crippen molar-refractivity contribution in [1.29, 1.82) is 0 Å². The van der Waals surface area contributed by atoms with Crippen LogP contribution in [0.4, 0.5) is 13.2 Å².